The first-order valence-electron chi connectivity index (χ1n) is 5.83. The number of allylic oxidation sites excluding steroid dienone is 7. The zero-order chi connectivity index (χ0) is 12.4. The smallest absolute Gasteiger partial charge is 0.00437 e. The SMILES string of the molecule is C=C.C=C(/C=C\C)C1(C)C/C=C\C=C/CC1. The van der Waals surface area contributed by atoms with Gasteiger partial charge in [-0.25, -0.2) is 0 Å². The van der Waals surface area contributed by atoms with Crippen LogP contribution in [0.5, 0.6) is 0 Å². The first kappa shape index (κ1) is 14.7. The van der Waals surface area contributed by atoms with Gasteiger partial charge in [0, 0.05) is 0 Å². The van der Waals surface area contributed by atoms with Gasteiger partial charge in [0.15, 0.2) is 0 Å². The second-order valence-electron chi connectivity index (χ2n) is 4.19. The fraction of sp³-hybridized carbons (Fsp3) is 0.375. The van der Waals surface area contributed by atoms with Gasteiger partial charge in [0.25, 0.3) is 0 Å². The van der Waals surface area contributed by atoms with E-state index in [1.165, 1.54) is 12.0 Å². The Morgan fingerprint density at radius 3 is 2.50 bits per heavy atom. The second-order valence-corrected chi connectivity index (χ2v) is 4.19. The molecule has 1 atom stereocenters. The molecule has 0 radical (unpaired) electrons. The molecule has 0 aromatic heterocycles. The summed E-state index contributed by atoms with van der Waals surface area (Å²) in [7, 11) is 0. The molecule has 0 fully saturated rings. The average Bonchev–Trinajstić information content (AvgIpc) is 2.27. The van der Waals surface area contributed by atoms with E-state index in [1.54, 1.807) is 0 Å². The Labute approximate surface area is 101 Å². The van der Waals surface area contributed by atoms with E-state index in [0.717, 1.165) is 12.8 Å². The Bertz CT molecular complexity index is 291. The van der Waals surface area contributed by atoms with Crippen molar-refractivity contribution in [3.8, 4) is 0 Å². The number of hydrogen-bond acceptors (Lipinski definition) is 0. The van der Waals surface area contributed by atoms with Crippen molar-refractivity contribution in [2.45, 2.75) is 33.1 Å². The summed E-state index contributed by atoms with van der Waals surface area (Å²) in [6.07, 6.45) is 16.4. The molecule has 0 spiro atoms. The molecule has 1 unspecified atom stereocenters. The lowest BCUT2D eigenvalue weighted by Crippen LogP contribution is -2.17. The minimum Gasteiger partial charge on any atom is -0.106 e. The highest BCUT2D eigenvalue weighted by Gasteiger charge is 2.24. The van der Waals surface area contributed by atoms with E-state index in [0.29, 0.717) is 0 Å². The summed E-state index contributed by atoms with van der Waals surface area (Å²) < 4.78 is 0. The van der Waals surface area contributed by atoms with E-state index in [1.807, 2.05) is 6.92 Å². The Morgan fingerprint density at radius 1 is 1.25 bits per heavy atom. The summed E-state index contributed by atoms with van der Waals surface area (Å²) in [5.41, 5.74) is 1.49. The van der Waals surface area contributed by atoms with Gasteiger partial charge in [0.2, 0.25) is 0 Å². The van der Waals surface area contributed by atoms with Gasteiger partial charge in [0.1, 0.15) is 0 Å². The lowest BCUT2D eigenvalue weighted by Gasteiger charge is -2.29. The first-order chi connectivity index (χ1) is 7.69. The molecule has 0 saturated heterocycles. The third-order valence-corrected chi connectivity index (χ3v) is 2.96. The van der Waals surface area contributed by atoms with Gasteiger partial charge < -0.3 is 0 Å². The van der Waals surface area contributed by atoms with Gasteiger partial charge in [-0.1, -0.05) is 50.0 Å². The monoisotopic (exact) mass is 216 g/mol. The van der Waals surface area contributed by atoms with E-state index in [4.69, 9.17) is 0 Å². The van der Waals surface area contributed by atoms with Gasteiger partial charge in [-0.05, 0) is 37.2 Å². The van der Waals surface area contributed by atoms with Crippen LogP contribution in [-0.2, 0) is 0 Å². The van der Waals surface area contributed by atoms with Gasteiger partial charge in [0.05, 0.1) is 0 Å². The largest absolute Gasteiger partial charge is 0.106 e. The molecule has 0 aliphatic heterocycles. The Balaban J connectivity index is 0.00000106. The number of hydrogen-bond donors (Lipinski definition) is 0. The van der Waals surface area contributed by atoms with Crippen molar-refractivity contribution in [3.05, 3.63) is 61.8 Å². The summed E-state index contributed by atoms with van der Waals surface area (Å²) >= 11 is 0. The molecular formula is C16H24. The standard InChI is InChI=1S/C14H20.C2H4/c1-4-10-13(2)14(3)11-8-6-5-7-9-12-14;1-2/h4-8,10H,2,9,11-12H2,1,3H3;1-2H2/b7-5-,8-6-,10-4-;. The average molecular weight is 216 g/mol. The predicted octanol–water partition coefficient (Wildman–Crippen LogP) is 5.22. The Morgan fingerprint density at radius 2 is 1.88 bits per heavy atom. The van der Waals surface area contributed by atoms with Crippen molar-refractivity contribution in [3.63, 3.8) is 0 Å². The van der Waals surface area contributed by atoms with Gasteiger partial charge >= 0.3 is 0 Å². The molecule has 0 bridgehead atoms. The summed E-state index contributed by atoms with van der Waals surface area (Å²) in [5, 5.41) is 0. The van der Waals surface area contributed by atoms with E-state index < -0.39 is 0 Å². The Hall–Kier alpha value is -1.30. The molecule has 0 heteroatoms. The fourth-order valence-corrected chi connectivity index (χ4v) is 1.78. The van der Waals surface area contributed by atoms with Crippen molar-refractivity contribution < 1.29 is 0 Å². The van der Waals surface area contributed by atoms with Crippen LogP contribution in [0.2, 0.25) is 0 Å². The molecule has 0 nitrogen and oxygen atoms in total. The fourth-order valence-electron chi connectivity index (χ4n) is 1.78. The van der Waals surface area contributed by atoms with Crippen molar-refractivity contribution >= 4 is 0 Å². The highest BCUT2D eigenvalue weighted by atomic mass is 14.3. The van der Waals surface area contributed by atoms with Crippen molar-refractivity contribution in [2.75, 3.05) is 0 Å². The third kappa shape index (κ3) is 4.48. The maximum Gasteiger partial charge on any atom is -0.00437 e. The molecule has 0 N–H and O–H groups in total. The lowest BCUT2D eigenvalue weighted by molar-refractivity contribution is 0.381. The summed E-state index contributed by atoms with van der Waals surface area (Å²) in [6.45, 7) is 14.5. The summed E-state index contributed by atoms with van der Waals surface area (Å²) in [4.78, 5) is 0. The molecule has 1 rings (SSSR count). The normalized spacial score (nSPS) is 28.4. The predicted molar refractivity (Wildman–Crippen MR) is 75.4 cm³/mol. The van der Waals surface area contributed by atoms with Gasteiger partial charge in [-0.3, -0.25) is 0 Å². The van der Waals surface area contributed by atoms with Crippen LogP contribution in [0, 0.1) is 5.41 Å². The maximum absolute atomic E-state index is 4.17. The van der Waals surface area contributed by atoms with E-state index in [2.05, 4.69) is 63.1 Å². The minimum atomic E-state index is 0.244. The van der Waals surface area contributed by atoms with Gasteiger partial charge in [-0.15, -0.1) is 13.2 Å². The zero-order valence-corrected chi connectivity index (χ0v) is 10.7. The molecule has 0 aromatic carbocycles. The van der Waals surface area contributed by atoms with Crippen LogP contribution in [0.25, 0.3) is 0 Å². The van der Waals surface area contributed by atoms with Crippen molar-refractivity contribution in [1.82, 2.24) is 0 Å². The summed E-state index contributed by atoms with van der Waals surface area (Å²) in [5.74, 6) is 0. The van der Waals surface area contributed by atoms with Crippen LogP contribution in [0.4, 0.5) is 0 Å². The first-order valence-corrected chi connectivity index (χ1v) is 5.83. The highest BCUT2D eigenvalue weighted by Crippen LogP contribution is 2.37. The number of rotatable bonds is 2. The van der Waals surface area contributed by atoms with Crippen LogP contribution < -0.4 is 0 Å². The molecule has 1 aliphatic carbocycles. The topological polar surface area (TPSA) is 0 Å². The van der Waals surface area contributed by atoms with Crippen LogP contribution in [-0.4, -0.2) is 0 Å². The molecule has 0 saturated carbocycles. The van der Waals surface area contributed by atoms with E-state index in [-0.39, 0.29) is 5.41 Å². The Kier molecular flexibility index (Phi) is 7.28. The second kappa shape index (κ2) is 7.92. The molecule has 1 aliphatic rings. The van der Waals surface area contributed by atoms with Crippen LogP contribution in [0.15, 0.2) is 61.8 Å². The van der Waals surface area contributed by atoms with Crippen LogP contribution in [0.3, 0.4) is 0 Å². The summed E-state index contributed by atoms with van der Waals surface area (Å²) in [6, 6.07) is 0. The molecule has 0 aromatic rings. The molecule has 0 heterocycles. The molecular weight excluding hydrogens is 192 g/mol. The minimum absolute atomic E-state index is 0.244. The molecule has 16 heavy (non-hydrogen) atoms. The highest BCUT2D eigenvalue weighted by molar-refractivity contribution is 5.25. The van der Waals surface area contributed by atoms with E-state index >= 15 is 0 Å². The quantitative estimate of drug-likeness (QED) is 0.438. The van der Waals surface area contributed by atoms with E-state index in [9.17, 15) is 0 Å². The molecule has 88 valence electrons. The zero-order valence-electron chi connectivity index (χ0n) is 10.7. The van der Waals surface area contributed by atoms with Crippen LogP contribution in [0.1, 0.15) is 33.1 Å². The lowest BCUT2D eigenvalue weighted by atomic mass is 9.75. The van der Waals surface area contributed by atoms with Gasteiger partial charge in [-0.2, -0.15) is 0 Å². The third-order valence-electron chi connectivity index (χ3n) is 2.96. The molecule has 0 amide bonds. The maximum atomic E-state index is 4.17. The van der Waals surface area contributed by atoms with Crippen molar-refractivity contribution in [2.24, 2.45) is 5.41 Å². The van der Waals surface area contributed by atoms with Crippen molar-refractivity contribution in [1.29, 1.82) is 0 Å². The van der Waals surface area contributed by atoms with Crippen LogP contribution >= 0.6 is 0 Å².